The topological polar surface area (TPSA) is 62.3 Å². The minimum Gasteiger partial charge on any atom is -0.343 e. The van der Waals surface area contributed by atoms with E-state index in [1.54, 1.807) is 17.3 Å². The van der Waals surface area contributed by atoms with Gasteiger partial charge in [0, 0.05) is 18.9 Å². The Balaban J connectivity index is 2.12. The van der Waals surface area contributed by atoms with E-state index < -0.39 is 0 Å². The fraction of sp³-hybridized carbons (Fsp3) is 0.500. The summed E-state index contributed by atoms with van der Waals surface area (Å²) in [4.78, 5) is 29.6. The van der Waals surface area contributed by atoms with Crippen LogP contribution in [0.4, 0.5) is 0 Å². The summed E-state index contributed by atoms with van der Waals surface area (Å²) in [5, 5.41) is 2.75. The molecule has 2 rings (SSSR count). The van der Waals surface area contributed by atoms with Gasteiger partial charge in [-0.15, -0.1) is 0 Å². The van der Waals surface area contributed by atoms with Crippen LogP contribution in [0, 0.1) is 6.92 Å². The molecule has 1 unspecified atom stereocenters. The minimum atomic E-state index is -0.367. The second-order valence-corrected chi connectivity index (χ2v) is 4.91. The minimum absolute atomic E-state index is 0.0117. The van der Waals surface area contributed by atoms with Gasteiger partial charge in [-0.1, -0.05) is 13.3 Å². The van der Waals surface area contributed by atoms with E-state index in [0.717, 1.165) is 17.5 Å². The van der Waals surface area contributed by atoms with Crippen LogP contribution < -0.4 is 5.32 Å². The van der Waals surface area contributed by atoms with Gasteiger partial charge in [-0.3, -0.25) is 14.6 Å². The fourth-order valence-corrected chi connectivity index (χ4v) is 2.28. The number of nitrogens with zero attached hydrogens (tertiary/aromatic N) is 2. The molecule has 5 heteroatoms. The Hall–Kier alpha value is -1.91. The molecule has 0 aliphatic carbocycles. The molecule has 0 radical (unpaired) electrons. The van der Waals surface area contributed by atoms with E-state index >= 15 is 0 Å². The van der Waals surface area contributed by atoms with Crippen LogP contribution in [-0.2, 0) is 16.1 Å². The highest BCUT2D eigenvalue weighted by Gasteiger charge is 2.31. The first kappa shape index (κ1) is 13.5. The predicted molar refractivity (Wildman–Crippen MR) is 71.2 cm³/mol. The fourth-order valence-electron chi connectivity index (χ4n) is 2.28. The maximum atomic E-state index is 12.3. The van der Waals surface area contributed by atoms with Crippen LogP contribution in [0.1, 0.15) is 30.9 Å². The molecule has 2 heterocycles. The molecule has 1 atom stereocenters. The van der Waals surface area contributed by atoms with Gasteiger partial charge in [-0.2, -0.15) is 0 Å². The molecule has 1 N–H and O–H groups in total. The smallest absolute Gasteiger partial charge is 0.245 e. The number of piperazine rings is 1. The standard InChI is InChI=1S/C14H19N3O2/c1-3-4-12-14(19)17(9-13(18)16-12)8-11-5-6-15-7-10(11)2/h5-7,12H,3-4,8-9H2,1-2H3,(H,16,18). The number of amides is 2. The zero-order chi connectivity index (χ0) is 13.8. The van der Waals surface area contributed by atoms with Crippen LogP contribution in [0.15, 0.2) is 18.5 Å². The Morgan fingerprint density at radius 1 is 1.47 bits per heavy atom. The molecule has 102 valence electrons. The Morgan fingerprint density at radius 2 is 2.26 bits per heavy atom. The molecule has 19 heavy (non-hydrogen) atoms. The number of aromatic nitrogens is 1. The van der Waals surface area contributed by atoms with Crippen molar-refractivity contribution in [1.29, 1.82) is 0 Å². The normalized spacial score (nSPS) is 19.5. The van der Waals surface area contributed by atoms with Gasteiger partial charge >= 0.3 is 0 Å². The number of nitrogens with one attached hydrogen (secondary N) is 1. The van der Waals surface area contributed by atoms with Crippen molar-refractivity contribution in [3.8, 4) is 0 Å². The summed E-state index contributed by atoms with van der Waals surface area (Å²) < 4.78 is 0. The van der Waals surface area contributed by atoms with Gasteiger partial charge in [-0.05, 0) is 30.5 Å². The molecule has 1 aromatic rings. The first-order valence-corrected chi connectivity index (χ1v) is 6.59. The number of pyridine rings is 1. The first-order valence-electron chi connectivity index (χ1n) is 6.59. The number of hydrogen-bond acceptors (Lipinski definition) is 3. The number of hydrogen-bond donors (Lipinski definition) is 1. The summed E-state index contributed by atoms with van der Waals surface area (Å²) in [7, 11) is 0. The van der Waals surface area contributed by atoms with E-state index in [-0.39, 0.29) is 24.4 Å². The van der Waals surface area contributed by atoms with E-state index in [1.165, 1.54) is 0 Å². The molecule has 5 nitrogen and oxygen atoms in total. The number of aryl methyl sites for hydroxylation is 1. The molecule has 1 aliphatic heterocycles. The lowest BCUT2D eigenvalue weighted by Crippen LogP contribution is -2.57. The van der Waals surface area contributed by atoms with Gasteiger partial charge in [0.15, 0.2) is 0 Å². The molecule has 0 aromatic carbocycles. The summed E-state index contributed by atoms with van der Waals surface area (Å²) in [6, 6.07) is 1.53. The van der Waals surface area contributed by atoms with Crippen molar-refractivity contribution in [2.45, 2.75) is 39.3 Å². The van der Waals surface area contributed by atoms with Crippen LogP contribution in [0.25, 0.3) is 0 Å². The van der Waals surface area contributed by atoms with Crippen molar-refractivity contribution < 1.29 is 9.59 Å². The third-order valence-corrected chi connectivity index (χ3v) is 3.35. The molecular weight excluding hydrogens is 242 g/mol. The van der Waals surface area contributed by atoms with Crippen LogP contribution in [0.5, 0.6) is 0 Å². The second-order valence-electron chi connectivity index (χ2n) is 4.91. The van der Waals surface area contributed by atoms with Crippen molar-refractivity contribution in [2.24, 2.45) is 0 Å². The van der Waals surface area contributed by atoms with E-state index in [1.807, 2.05) is 19.9 Å². The highest BCUT2D eigenvalue weighted by atomic mass is 16.2. The Kier molecular flexibility index (Phi) is 4.14. The molecule has 1 fully saturated rings. The highest BCUT2D eigenvalue weighted by molar-refractivity contribution is 5.94. The average Bonchev–Trinajstić information content (AvgIpc) is 2.38. The van der Waals surface area contributed by atoms with Crippen LogP contribution in [0.3, 0.4) is 0 Å². The summed E-state index contributed by atoms with van der Waals surface area (Å²) in [6.07, 6.45) is 5.04. The third-order valence-electron chi connectivity index (χ3n) is 3.35. The lowest BCUT2D eigenvalue weighted by Gasteiger charge is -2.32. The molecule has 1 aromatic heterocycles. The largest absolute Gasteiger partial charge is 0.343 e. The van der Waals surface area contributed by atoms with E-state index in [9.17, 15) is 9.59 Å². The van der Waals surface area contributed by atoms with Gasteiger partial charge in [0.05, 0.1) is 6.54 Å². The quantitative estimate of drug-likeness (QED) is 0.880. The number of carbonyl (C=O) groups excluding carboxylic acids is 2. The predicted octanol–water partition coefficient (Wildman–Crippen LogP) is 1.02. The maximum absolute atomic E-state index is 12.3. The average molecular weight is 261 g/mol. The monoisotopic (exact) mass is 261 g/mol. The van der Waals surface area contributed by atoms with Gasteiger partial charge in [-0.25, -0.2) is 0 Å². The summed E-state index contributed by atoms with van der Waals surface area (Å²) in [6.45, 7) is 4.58. The molecular formula is C14H19N3O2. The molecule has 1 aliphatic rings. The van der Waals surface area contributed by atoms with Crippen molar-refractivity contribution in [1.82, 2.24) is 15.2 Å². The van der Waals surface area contributed by atoms with Crippen molar-refractivity contribution in [3.63, 3.8) is 0 Å². The zero-order valence-corrected chi connectivity index (χ0v) is 11.3. The Bertz CT molecular complexity index is 487. The van der Waals surface area contributed by atoms with Crippen LogP contribution in [-0.4, -0.2) is 34.3 Å². The lowest BCUT2D eigenvalue weighted by molar-refractivity contribution is -0.145. The Morgan fingerprint density at radius 3 is 2.95 bits per heavy atom. The zero-order valence-electron chi connectivity index (χ0n) is 11.3. The third kappa shape index (κ3) is 3.10. The Labute approximate surface area is 113 Å². The molecule has 0 bridgehead atoms. The van der Waals surface area contributed by atoms with E-state index in [4.69, 9.17) is 0 Å². The summed E-state index contributed by atoms with van der Waals surface area (Å²) >= 11 is 0. The van der Waals surface area contributed by atoms with E-state index in [0.29, 0.717) is 13.0 Å². The lowest BCUT2D eigenvalue weighted by atomic mass is 10.1. The number of carbonyl (C=O) groups is 2. The van der Waals surface area contributed by atoms with Crippen LogP contribution >= 0.6 is 0 Å². The highest BCUT2D eigenvalue weighted by Crippen LogP contribution is 2.14. The molecule has 2 amide bonds. The molecule has 1 saturated heterocycles. The maximum Gasteiger partial charge on any atom is 0.245 e. The molecule has 0 saturated carbocycles. The second kappa shape index (κ2) is 5.82. The van der Waals surface area contributed by atoms with Crippen molar-refractivity contribution in [2.75, 3.05) is 6.54 Å². The summed E-state index contributed by atoms with van der Waals surface area (Å²) in [5.74, 6) is -0.0672. The van der Waals surface area contributed by atoms with Crippen molar-refractivity contribution in [3.05, 3.63) is 29.6 Å². The van der Waals surface area contributed by atoms with Gasteiger partial charge in [0.2, 0.25) is 11.8 Å². The SMILES string of the molecule is CCCC1NC(=O)CN(Cc2ccncc2C)C1=O. The van der Waals surface area contributed by atoms with Crippen molar-refractivity contribution >= 4 is 11.8 Å². The number of rotatable bonds is 4. The van der Waals surface area contributed by atoms with Crippen LogP contribution in [0.2, 0.25) is 0 Å². The molecule has 0 spiro atoms. The van der Waals surface area contributed by atoms with Gasteiger partial charge in [0.1, 0.15) is 6.04 Å². The van der Waals surface area contributed by atoms with Gasteiger partial charge < -0.3 is 10.2 Å². The van der Waals surface area contributed by atoms with E-state index in [2.05, 4.69) is 10.3 Å². The first-order chi connectivity index (χ1) is 9.11. The van der Waals surface area contributed by atoms with Gasteiger partial charge in [0.25, 0.3) is 0 Å². The summed E-state index contributed by atoms with van der Waals surface area (Å²) in [5.41, 5.74) is 2.07.